The van der Waals surface area contributed by atoms with Gasteiger partial charge in [-0.2, -0.15) is 5.10 Å². The first-order chi connectivity index (χ1) is 11.1. The molecule has 0 aliphatic heterocycles. The van der Waals surface area contributed by atoms with E-state index in [9.17, 15) is 9.18 Å². The van der Waals surface area contributed by atoms with Gasteiger partial charge in [0.15, 0.2) is 0 Å². The van der Waals surface area contributed by atoms with E-state index in [2.05, 4.69) is 10.2 Å². The molecule has 0 amide bonds. The molecule has 3 nitrogen and oxygen atoms in total. The van der Waals surface area contributed by atoms with Gasteiger partial charge in [0.2, 0.25) is 0 Å². The van der Waals surface area contributed by atoms with Crippen LogP contribution >= 0.6 is 11.6 Å². The van der Waals surface area contributed by atoms with E-state index >= 15 is 0 Å². The van der Waals surface area contributed by atoms with Crippen LogP contribution in [0.1, 0.15) is 11.1 Å². The van der Waals surface area contributed by atoms with Crippen LogP contribution in [-0.4, -0.2) is 10.2 Å². The third-order valence-corrected chi connectivity index (χ3v) is 3.87. The highest BCUT2D eigenvalue weighted by Crippen LogP contribution is 2.19. The molecule has 1 heterocycles. The van der Waals surface area contributed by atoms with Crippen LogP contribution in [0.5, 0.6) is 0 Å². The number of hydrogen-bond acceptors (Lipinski definition) is 2. The van der Waals surface area contributed by atoms with Crippen molar-refractivity contribution in [2.45, 2.75) is 12.8 Å². The molecule has 0 radical (unpaired) electrons. The van der Waals surface area contributed by atoms with Crippen molar-refractivity contribution < 1.29 is 4.39 Å². The van der Waals surface area contributed by atoms with Gasteiger partial charge in [0.1, 0.15) is 5.82 Å². The number of nitrogens with one attached hydrogen (secondary N) is 1. The summed E-state index contributed by atoms with van der Waals surface area (Å²) in [6.07, 6.45) is 1.22. The maximum absolute atomic E-state index is 12.9. The zero-order valence-corrected chi connectivity index (χ0v) is 13.0. The Hall–Kier alpha value is -2.46. The monoisotopic (exact) mass is 328 g/mol. The summed E-state index contributed by atoms with van der Waals surface area (Å²) in [5, 5.41) is 7.25. The number of hydrogen-bond donors (Lipinski definition) is 1. The largest absolute Gasteiger partial charge is 0.268 e. The van der Waals surface area contributed by atoms with Gasteiger partial charge < -0.3 is 0 Å². The first-order valence-electron chi connectivity index (χ1n) is 7.21. The van der Waals surface area contributed by atoms with Gasteiger partial charge in [-0.3, -0.25) is 4.79 Å². The molecule has 0 aliphatic carbocycles. The second kappa shape index (κ2) is 6.75. The molecule has 0 fully saturated rings. The predicted molar refractivity (Wildman–Crippen MR) is 89.1 cm³/mol. The number of rotatable bonds is 4. The molecule has 0 bridgehead atoms. The lowest BCUT2D eigenvalue weighted by atomic mass is 10.0. The van der Waals surface area contributed by atoms with E-state index in [0.717, 1.165) is 11.1 Å². The van der Waals surface area contributed by atoms with E-state index in [4.69, 9.17) is 11.6 Å². The van der Waals surface area contributed by atoms with E-state index in [1.165, 1.54) is 12.1 Å². The molecule has 1 aromatic heterocycles. The number of aromatic amines is 1. The van der Waals surface area contributed by atoms with Gasteiger partial charge in [0.05, 0.1) is 5.69 Å². The van der Waals surface area contributed by atoms with Gasteiger partial charge in [-0.05, 0) is 48.7 Å². The van der Waals surface area contributed by atoms with Crippen molar-refractivity contribution in [1.29, 1.82) is 0 Å². The molecule has 0 spiro atoms. The summed E-state index contributed by atoms with van der Waals surface area (Å²) >= 11 is 5.88. The SMILES string of the molecule is O=c1[nH]nc(-c2ccc(Cl)cc2)cc1CCc1ccc(F)cc1. The Labute approximate surface area is 137 Å². The van der Waals surface area contributed by atoms with Crippen LogP contribution in [0.2, 0.25) is 5.02 Å². The third-order valence-electron chi connectivity index (χ3n) is 3.62. The fourth-order valence-electron chi connectivity index (χ4n) is 2.33. The van der Waals surface area contributed by atoms with Crippen molar-refractivity contribution in [3.05, 3.63) is 86.9 Å². The van der Waals surface area contributed by atoms with Crippen LogP contribution < -0.4 is 5.56 Å². The molecule has 2 aromatic carbocycles. The summed E-state index contributed by atoms with van der Waals surface area (Å²) in [4.78, 5) is 11.9. The lowest BCUT2D eigenvalue weighted by Crippen LogP contribution is -2.15. The lowest BCUT2D eigenvalue weighted by Gasteiger charge is -2.05. The van der Waals surface area contributed by atoms with Gasteiger partial charge in [0, 0.05) is 16.1 Å². The smallest absolute Gasteiger partial charge is 0.267 e. The highest BCUT2D eigenvalue weighted by Gasteiger charge is 2.06. The van der Waals surface area contributed by atoms with Crippen molar-refractivity contribution in [2.24, 2.45) is 0 Å². The van der Waals surface area contributed by atoms with E-state index in [1.807, 2.05) is 12.1 Å². The Balaban J connectivity index is 1.81. The molecule has 116 valence electrons. The number of aromatic nitrogens is 2. The quantitative estimate of drug-likeness (QED) is 0.786. The van der Waals surface area contributed by atoms with Gasteiger partial charge >= 0.3 is 0 Å². The molecule has 3 rings (SSSR count). The number of halogens is 2. The van der Waals surface area contributed by atoms with Crippen LogP contribution in [0.25, 0.3) is 11.3 Å². The molecule has 0 saturated heterocycles. The minimum atomic E-state index is -0.263. The summed E-state index contributed by atoms with van der Waals surface area (Å²) in [7, 11) is 0. The molecule has 0 atom stereocenters. The van der Waals surface area contributed by atoms with Crippen molar-refractivity contribution in [3.63, 3.8) is 0 Å². The summed E-state index contributed by atoms with van der Waals surface area (Å²) in [6, 6.07) is 15.3. The van der Waals surface area contributed by atoms with Crippen molar-refractivity contribution in [1.82, 2.24) is 10.2 Å². The average Bonchev–Trinajstić information content (AvgIpc) is 2.56. The van der Waals surface area contributed by atoms with Crippen LogP contribution in [0.15, 0.2) is 59.4 Å². The zero-order chi connectivity index (χ0) is 16.2. The fourth-order valence-corrected chi connectivity index (χ4v) is 2.46. The zero-order valence-electron chi connectivity index (χ0n) is 12.2. The average molecular weight is 329 g/mol. The van der Waals surface area contributed by atoms with Crippen molar-refractivity contribution in [3.8, 4) is 11.3 Å². The Bertz CT molecular complexity index is 857. The predicted octanol–water partition coefficient (Wildman–Crippen LogP) is 4.01. The highest BCUT2D eigenvalue weighted by atomic mass is 35.5. The Morgan fingerprint density at radius 1 is 1.00 bits per heavy atom. The minimum absolute atomic E-state index is 0.204. The standard InChI is InChI=1S/C18H14ClFN2O/c19-15-7-5-13(6-8-15)17-11-14(18(23)22-21-17)4-1-12-2-9-16(20)10-3-12/h2-3,5-11H,1,4H2,(H,22,23). The maximum Gasteiger partial charge on any atom is 0.267 e. The van der Waals surface area contributed by atoms with E-state index in [0.29, 0.717) is 29.1 Å². The number of nitrogens with zero attached hydrogens (tertiary/aromatic N) is 1. The van der Waals surface area contributed by atoms with Gasteiger partial charge in [-0.1, -0.05) is 35.9 Å². The van der Waals surface area contributed by atoms with Gasteiger partial charge in [0.25, 0.3) is 5.56 Å². The summed E-state index contributed by atoms with van der Waals surface area (Å²) in [6.45, 7) is 0. The molecular formula is C18H14ClFN2O. The van der Waals surface area contributed by atoms with E-state index in [1.54, 1.807) is 30.3 Å². The summed E-state index contributed by atoms with van der Waals surface area (Å²) in [5.41, 5.74) is 3.00. The highest BCUT2D eigenvalue weighted by molar-refractivity contribution is 6.30. The fraction of sp³-hybridized carbons (Fsp3) is 0.111. The van der Waals surface area contributed by atoms with Crippen LogP contribution in [-0.2, 0) is 12.8 Å². The summed E-state index contributed by atoms with van der Waals surface area (Å²) in [5.74, 6) is -0.263. The second-order valence-corrected chi connectivity index (χ2v) is 5.68. The number of benzene rings is 2. The van der Waals surface area contributed by atoms with Crippen LogP contribution in [0.4, 0.5) is 4.39 Å². The molecule has 0 unspecified atom stereocenters. The molecule has 23 heavy (non-hydrogen) atoms. The Kier molecular flexibility index (Phi) is 4.53. The van der Waals surface area contributed by atoms with E-state index < -0.39 is 0 Å². The van der Waals surface area contributed by atoms with Gasteiger partial charge in [-0.15, -0.1) is 0 Å². The lowest BCUT2D eigenvalue weighted by molar-refractivity contribution is 0.627. The first kappa shape index (κ1) is 15.4. The Morgan fingerprint density at radius 3 is 2.39 bits per heavy atom. The molecule has 5 heteroatoms. The first-order valence-corrected chi connectivity index (χ1v) is 7.58. The van der Waals surface area contributed by atoms with Gasteiger partial charge in [-0.25, -0.2) is 9.49 Å². The third kappa shape index (κ3) is 3.85. The number of H-pyrrole nitrogens is 1. The topological polar surface area (TPSA) is 45.8 Å². The molecule has 3 aromatic rings. The molecule has 0 saturated carbocycles. The molecule has 1 N–H and O–H groups in total. The number of aryl methyl sites for hydroxylation is 2. The molecular weight excluding hydrogens is 315 g/mol. The maximum atomic E-state index is 12.9. The normalized spacial score (nSPS) is 10.7. The minimum Gasteiger partial charge on any atom is -0.268 e. The Morgan fingerprint density at radius 2 is 1.70 bits per heavy atom. The summed E-state index contributed by atoms with van der Waals surface area (Å²) < 4.78 is 12.9. The van der Waals surface area contributed by atoms with Crippen molar-refractivity contribution >= 4 is 11.6 Å². The second-order valence-electron chi connectivity index (χ2n) is 5.24. The molecule has 0 aliphatic rings. The van der Waals surface area contributed by atoms with Crippen LogP contribution in [0, 0.1) is 5.82 Å². The van der Waals surface area contributed by atoms with Crippen LogP contribution in [0.3, 0.4) is 0 Å². The van der Waals surface area contributed by atoms with Crippen molar-refractivity contribution in [2.75, 3.05) is 0 Å². The van der Waals surface area contributed by atoms with E-state index in [-0.39, 0.29) is 11.4 Å².